The Morgan fingerprint density at radius 1 is 0.436 bits per heavy atom. The number of ether oxygens (including phenoxy) is 2. The van der Waals surface area contributed by atoms with Crippen molar-refractivity contribution in [1.82, 2.24) is 8.75 Å². The van der Waals surface area contributed by atoms with Crippen molar-refractivity contribution in [3.05, 3.63) is 12.1 Å². The SMILES string of the molecule is CCCCCCCCCCCCCCOc1cc2nsnc2cc1OCCCCCCCCCCCCCC. The van der Waals surface area contributed by atoms with Crippen LogP contribution in [-0.4, -0.2) is 22.0 Å². The van der Waals surface area contributed by atoms with E-state index >= 15 is 0 Å². The van der Waals surface area contributed by atoms with Gasteiger partial charge in [0.25, 0.3) is 0 Å². The molecule has 0 aliphatic heterocycles. The first-order valence-corrected chi connectivity index (χ1v) is 17.6. The summed E-state index contributed by atoms with van der Waals surface area (Å²) in [6, 6.07) is 4.02. The van der Waals surface area contributed by atoms with Crippen LogP contribution in [0.25, 0.3) is 11.0 Å². The maximum atomic E-state index is 6.18. The molecule has 0 fully saturated rings. The molecule has 0 bridgehead atoms. The molecular weight excluding hydrogens is 500 g/mol. The van der Waals surface area contributed by atoms with E-state index in [4.69, 9.17) is 9.47 Å². The number of unbranched alkanes of at least 4 members (excludes halogenated alkanes) is 22. The van der Waals surface area contributed by atoms with Gasteiger partial charge in [-0.15, -0.1) is 0 Å². The van der Waals surface area contributed by atoms with E-state index in [0.29, 0.717) is 0 Å². The van der Waals surface area contributed by atoms with Crippen LogP contribution in [0.5, 0.6) is 11.5 Å². The Hall–Kier alpha value is -1.36. The van der Waals surface area contributed by atoms with Gasteiger partial charge in [-0.3, -0.25) is 0 Å². The van der Waals surface area contributed by atoms with Crippen LogP contribution in [0, 0.1) is 0 Å². The van der Waals surface area contributed by atoms with Crippen molar-refractivity contribution < 1.29 is 9.47 Å². The second-order valence-electron chi connectivity index (χ2n) is 11.5. The van der Waals surface area contributed by atoms with Crippen LogP contribution >= 0.6 is 11.7 Å². The molecule has 1 aromatic heterocycles. The lowest BCUT2D eigenvalue weighted by Gasteiger charge is -2.13. The summed E-state index contributed by atoms with van der Waals surface area (Å²) >= 11 is 1.25. The highest BCUT2D eigenvalue weighted by Gasteiger charge is 2.11. The minimum absolute atomic E-state index is 0.746. The Kier molecular flexibility index (Phi) is 21.2. The number of rotatable bonds is 28. The van der Waals surface area contributed by atoms with Crippen LogP contribution in [0.4, 0.5) is 0 Å². The average Bonchev–Trinajstić information content (AvgIpc) is 3.41. The van der Waals surface area contributed by atoms with E-state index < -0.39 is 0 Å². The number of aromatic nitrogens is 2. The normalized spacial score (nSPS) is 11.4. The predicted octanol–water partition coefficient (Wildman–Crippen LogP) is 11.9. The van der Waals surface area contributed by atoms with E-state index in [1.54, 1.807) is 0 Å². The first-order chi connectivity index (χ1) is 19.3. The highest BCUT2D eigenvalue weighted by molar-refractivity contribution is 7.00. The lowest BCUT2D eigenvalue weighted by molar-refractivity contribution is 0.259. The molecule has 0 amide bonds. The van der Waals surface area contributed by atoms with Crippen molar-refractivity contribution >= 4 is 22.8 Å². The van der Waals surface area contributed by atoms with Gasteiger partial charge < -0.3 is 9.47 Å². The maximum Gasteiger partial charge on any atom is 0.163 e. The number of nitrogens with zero attached hydrogens (tertiary/aromatic N) is 2. The molecule has 5 heteroatoms. The number of fused-ring (bicyclic) bond motifs is 1. The number of hydrogen-bond acceptors (Lipinski definition) is 5. The minimum atomic E-state index is 0.746. The van der Waals surface area contributed by atoms with Crippen LogP contribution < -0.4 is 9.47 Å². The topological polar surface area (TPSA) is 44.2 Å². The quantitative estimate of drug-likeness (QED) is 0.0971. The van der Waals surface area contributed by atoms with Crippen LogP contribution in [0.15, 0.2) is 12.1 Å². The second kappa shape index (κ2) is 24.4. The molecule has 2 rings (SSSR count). The molecule has 1 heterocycles. The molecule has 0 aliphatic rings. The molecule has 0 saturated heterocycles. The summed E-state index contributed by atoms with van der Waals surface area (Å²) in [4.78, 5) is 0. The highest BCUT2D eigenvalue weighted by atomic mass is 32.1. The van der Waals surface area contributed by atoms with Crippen LogP contribution in [0.3, 0.4) is 0 Å². The summed E-state index contributed by atoms with van der Waals surface area (Å²) in [6.45, 7) is 6.07. The number of benzene rings is 1. The van der Waals surface area contributed by atoms with E-state index in [0.717, 1.165) is 48.6 Å². The van der Waals surface area contributed by atoms with E-state index in [1.807, 2.05) is 12.1 Å². The average molecular weight is 561 g/mol. The Balaban J connectivity index is 1.52. The van der Waals surface area contributed by atoms with Gasteiger partial charge >= 0.3 is 0 Å². The molecule has 0 radical (unpaired) electrons. The summed E-state index contributed by atoms with van der Waals surface area (Å²) in [5, 5.41) is 0. The summed E-state index contributed by atoms with van der Waals surface area (Å²) in [7, 11) is 0. The van der Waals surface area contributed by atoms with Gasteiger partial charge in [-0.05, 0) is 12.8 Å². The van der Waals surface area contributed by atoms with Crippen molar-refractivity contribution in [3.8, 4) is 11.5 Å². The molecule has 0 N–H and O–H groups in total. The fourth-order valence-corrected chi connectivity index (χ4v) is 5.78. The summed E-state index contributed by atoms with van der Waals surface area (Å²) in [6.07, 6.45) is 32.5. The third-order valence-electron chi connectivity index (χ3n) is 7.83. The summed E-state index contributed by atoms with van der Waals surface area (Å²) in [5.41, 5.74) is 1.81. The third kappa shape index (κ3) is 17.1. The summed E-state index contributed by atoms with van der Waals surface area (Å²) < 4.78 is 21.2. The Labute approximate surface area is 245 Å². The summed E-state index contributed by atoms with van der Waals surface area (Å²) in [5.74, 6) is 1.66. The highest BCUT2D eigenvalue weighted by Crippen LogP contribution is 2.32. The molecule has 0 saturated carbocycles. The zero-order chi connectivity index (χ0) is 27.6. The van der Waals surface area contributed by atoms with Crippen molar-refractivity contribution in [2.45, 2.75) is 168 Å². The zero-order valence-electron chi connectivity index (χ0n) is 25.7. The first-order valence-electron chi connectivity index (χ1n) is 16.9. The van der Waals surface area contributed by atoms with E-state index in [9.17, 15) is 0 Å². The molecular formula is C34H60N2O2S. The Morgan fingerprint density at radius 2 is 0.718 bits per heavy atom. The standard InChI is InChI=1S/C34H60N2O2S/c1-3-5-7-9-11-13-15-17-19-21-23-25-27-37-33-29-31-32(36-39-35-31)30-34(33)38-28-26-24-22-20-18-16-14-12-10-8-6-4-2/h29-30H,3-28H2,1-2H3. The van der Waals surface area contributed by atoms with Gasteiger partial charge in [-0.1, -0.05) is 155 Å². The molecule has 1 aromatic carbocycles. The van der Waals surface area contributed by atoms with Crippen molar-refractivity contribution in [2.24, 2.45) is 0 Å². The van der Waals surface area contributed by atoms with Gasteiger partial charge in [0.05, 0.1) is 24.9 Å². The molecule has 224 valence electrons. The fraction of sp³-hybridized carbons (Fsp3) is 0.824. The zero-order valence-corrected chi connectivity index (χ0v) is 26.5. The van der Waals surface area contributed by atoms with Gasteiger partial charge in [0.1, 0.15) is 11.0 Å². The molecule has 0 spiro atoms. The van der Waals surface area contributed by atoms with Crippen LogP contribution in [-0.2, 0) is 0 Å². The largest absolute Gasteiger partial charge is 0.490 e. The Morgan fingerprint density at radius 3 is 1.03 bits per heavy atom. The van der Waals surface area contributed by atoms with E-state index in [1.165, 1.54) is 153 Å². The molecule has 39 heavy (non-hydrogen) atoms. The lowest BCUT2D eigenvalue weighted by Crippen LogP contribution is -2.03. The van der Waals surface area contributed by atoms with E-state index in [-0.39, 0.29) is 0 Å². The van der Waals surface area contributed by atoms with Crippen LogP contribution in [0.2, 0.25) is 0 Å². The van der Waals surface area contributed by atoms with Crippen molar-refractivity contribution in [3.63, 3.8) is 0 Å². The fourth-order valence-electron chi connectivity index (χ4n) is 5.27. The van der Waals surface area contributed by atoms with Crippen LogP contribution in [0.1, 0.15) is 168 Å². The lowest BCUT2D eigenvalue weighted by atomic mass is 10.1. The Bertz CT molecular complexity index is 746. The molecule has 2 aromatic rings. The van der Waals surface area contributed by atoms with Gasteiger partial charge in [-0.2, -0.15) is 8.75 Å². The monoisotopic (exact) mass is 560 g/mol. The third-order valence-corrected chi connectivity index (χ3v) is 8.39. The molecule has 0 unspecified atom stereocenters. The maximum absolute atomic E-state index is 6.18. The predicted molar refractivity (Wildman–Crippen MR) is 171 cm³/mol. The van der Waals surface area contributed by atoms with Crippen molar-refractivity contribution in [2.75, 3.05) is 13.2 Å². The number of hydrogen-bond donors (Lipinski definition) is 0. The second-order valence-corrected chi connectivity index (χ2v) is 12.1. The van der Waals surface area contributed by atoms with E-state index in [2.05, 4.69) is 22.6 Å². The smallest absolute Gasteiger partial charge is 0.163 e. The molecule has 4 nitrogen and oxygen atoms in total. The van der Waals surface area contributed by atoms with Gasteiger partial charge in [0, 0.05) is 12.1 Å². The van der Waals surface area contributed by atoms with Gasteiger partial charge in [-0.25, -0.2) is 0 Å². The van der Waals surface area contributed by atoms with Gasteiger partial charge in [0.15, 0.2) is 11.5 Å². The van der Waals surface area contributed by atoms with Gasteiger partial charge in [0.2, 0.25) is 0 Å². The molecule has 0 aliphatic carbocycles. The molecule has 0 atom stereocenters. The minimum Gasteiger partial charge on any atom is -0.490 e. The first kappa shape index (κ1) is 33.8. The van der Waals surface area contributed by atoms with Crippen molar-refractivity contribution in [1.29, 1.82) is 0 Å².